The molecule has 8 heteroatoms. The number of esters is 1. The molecule has 2 aromatic rings. The highest BCUT2D eigenvalue weighted by atomic mass is 32.1. The fourth-order valence-corrected chi connectivity index (χ4v) is 2.49. The molecular formula is C15H11NO6S. The largest absolute Gasteiger partial charge is 0.454 e. The molecule has 0 saturated carbocycles. The van der Waals surface area contributed by atoms with Crippen molar-refractivity contribution in [3.63, 3.8) is 0 Å². The smallest absolute Gasteiger partial charge is 0.338 e. The van der Waals surface area contributed by atoms with Crippen LogP contribution in [0.5, 0.6) is 11.5 Å². The zero-order valence-corrected chi connectivity index (χ0v) is 12.6. The van der Waals surface area contributed by atoms with E-state index in [2.05, 4.69) is 5.32 Å². The van der Waals surface area contributed by atoms with Crippen LogP contribution in [0.25, 0.3) is 0 Å². The zero-order valence-electron chi connectivity index (χ0n) is 11.7. The summed E-state index contributed by atoms with van der Waals surface area (Å²) in [6, 6.07) is 7.85. The van der Waals surface area contributed by atoms with Gasteiger partial charge in [-0.05, 0) is 29.6 Å². The quantitative estimate of drug-likeness (QED) is 0.855. The molecule has 0 spiro atoms. The van der Waals surface area contributed by atoms with Gasteiger partial charge in [0.05, 0.1) is 10.4 Å². The van der Waals surface area contributed by atoms with Crippen molar-refractivity contribution in [2.24, 2.45) is 0 Å². The molecular weight excluding hydrogens is 322 g/mol. The van der Waals surface area contributed by atoms with Crippen molar-refractivity contribution in [1.82, 2.24) is 5.32 Å². The van der Waals surface area contributed by atoms with Gasteiger partial charge in [-0.2, -0.15) is 0 Å². The first-order chi connectivity index (χ1) is 11.1. The average molecular weight is 333 g/mol. The van der Waals surface area contributed by atoms with Crippen LogP contribution in [0, 0.1) is 0 Å². The summed E-state index contributed by atoms with van der Waals surface area (Å²) in [5.74, 6) is -0.929. The molecule has 2 heterocycles. The Balaban J connectivity index is 1.52. The Kier molecular flexibility index (Phi) is 4.24. The summed E-state index contributed by atoms with van der Waals surface area (Å²) in [6.45, 7) is -0.453. The SMILES string of the molecule is O=C(COC(=O)c1ccc2c(c1)OCO2)NC(=O)c1cccs1. The minimum Gasteiger partial charge on any atom is -0.454 e. The lowest BCUT2D eigenvalue weighted by molar-refractivity contribution is -0.123. The lowest BCUT2D eigenvalue weighted by atomic mass is 10.2. The Bertz CT molecular complexity index is 755. The Morgan fingerprint density at radius 1 is 1.17 bits per heavy atom. The van der Waals surface area contributed by atoms with E-state index in [1.807, 2.05) is 0 Å². The number of ether oxygens (including phenoxy) is 3. The van der Waals surface area contributed by atoms with E-state index < -0.39 is 24.4 Å². The summed E-state index contributed by atoms with van der Waals surface area (Å²) in [4.78, 5) is 35.6. The van der Waals surface area contributed by atoms with Crippen molar-refractivity contribution in [3.05, 3.63) is 46.2 Å². The Morgan fingerprint density at radius 3 is 2.78 bits per heavy atom. The Hall–Kier alpha value is -2.87. The van der Waals surface area contributed by atoms with E-state index in [4.69, 9.17) is 14.2 Å². The Labute approximate surface area is 134 Å². The molecule has 3 rings (SSSR count). The number of thiophene rings is 1. The lowest BCUT2D eigenvalue weighted by Crippen LogP contribution is -2.33. The number of carbonyl (C=O) groups excluding carboxylic acids is 3. The summed E-state index contributed by atoms with van der Waals surface area (Å²) in [5, 5.41) is 3.86. The fourth-order valence-electron chi connectivity index (χ4n) is 1.87. The molecule has 0 fully saturated rings. The van der Waals surface area contributed by atoms with Crippen molar-refractivity contribution >= 4 is 29.1 Å². The van der Waals surface area contributed by atoms with Gasteiger partial charge in [-0.3, -0.25) is 14.9 Å². The third-order valence-electron chi connectivity index (χ3n) is 2.94. The molecule has 1 aromatic carbocycles. The zero-order chi connectivity index (χ0) is 16.2. The molecule has 1 aliphatic rings. The molecule has 0 bridgehead atoms. The number of hydrogen-bond donors (Lipinski definition) is 1. The maximum absolute atomic E-state index is 11.9. The highest BCUT2D eigenvalue weighted by molar-refractivity contribution is 7.12. The van der Waals surface area contributed by atoms with Crippen LogP contribution in [0.4, 0.5) is 0 Å². The highest BCUT2D eigenvalue weighted by Gasteiger charge is 2.18. The van der Waals surface area contributed by atoms with Crippen molar-refractivity contribution in [2.45, 2.75) is 0 Å². The number of carbonyl (C=O) groups is 3. The van der Waals surface area contributed by atoms with Crippen LogP contribution in [0.1, 0.15) is 20.0 Å². The lowest BCUT2D eigenvalue weighted by Gasteiger charge is -2.05. The molecule has 1 aliphatic heterocycles. The third-order valence-corrected chi connectivity index (χ3v) is 3.81. The first-order valence-electron chi connectivity index (χ1n) is 6.58. The monoisotopic (exact) mass is 333 g/mol. The number of nitrogens with one attached hydrogen (secondary N) is 1. The summed E-state index contributed by atoms with van der Waals surface area (Å²) in [6.07, 6.45) is 0. The van der Waals surface area contributed by atoms with E-state index in [1.165, 1.54) is 23.5 Å². The van der Waals surface area contributed by atoms with Gasteiger partial charge in [0, 0.05) is 0 Å². The van der Waals surface area contributed by atoms with Gasteiger partial charge in [-0.25, -0.2) is 4.79 Å². The second-order valence-corrected chi connectivity index (χ2v) is 5.45. The number of rotatable bonds is 4. The van der Waals surface area contributed by atoms with Crippen LogP contribution in [0.3, 0.4) is 0 Å². The van der Waals surface area contributed by atoms with Gasteiger partial charge in [0.1, 0.15) is 0 Å². The van der Waals surface area contributed by atoms with Gasteiger partial charge in [0.2, 0.25) is 6.79 Å². The van der Waals surface area contributed by atoms with Crippen LogP contribution in [-0.4, -0.2) is 31.2 Å². The Morgan fingerprint density at radius 2 is 2.00 bits per heavy atom. The first-order valence-corrected chi connectivity index (χ1v) is 7.46. The molecule has 7 nitrogen and oxygen atoms in total. The topological polar surface area (TPSA) is 90.9 Å². The minimum atomic E-state index is -0.697. The standard InChI is InChI=1S/C15H11NO6S/c17-13(16-14(18)12-2-1-5-23-12)7-20-15(19)9-3-4-10-11(6-9)22-8-21-10/h1-6H,7-8H2,(H,16,17,18). The molecule has 2 amide bonds. The number of amides is 2. The molecule has 0 atom stereocenters. The summed E-state index contributed by atoms with van der Waals surface area (Å²) in [7, 11) is 0. The fraction of sp³-hybridized carbons (Fsp3) is 0.133. The maximum atomic E-state index is 11.9. The number of benzene rings is 1. The molecule has 0 saturated heterocycles. The molecule has 0 unspecified atom stereocenters. The van der Waals surface area contributed by atoms with Crippen LogP contribution >= 0.6 is 11.3 Å². The summed E-state index contributed by atoms with van der Waals surface area (Å²) >= 11 is 1.21. The minimum absolute atomic E-state index is 0.0983. The molecule has 0 aliphatic carbocycles. The first kappa shape index (κ1) is 15.0. The normalized spacial score (nSPS) is 11.8. The van der Waals surface area contributed by atoms with Crippen LogP contribution in [0.15, 0.2) is 35.7 Å². The number of hydrogen-bond acceptors (Lipinski definition) is 7. The highest BCUT2D eigenvalue weighted by Crippen LogP contribution is 2.32. The average Bonchev–Trinajstić information content (AvgIpc) is 3.22. The molecule has 23 heavy (non-hydrogen) atoms. The van der Waals surface area contributed by atoms with Crippen LogP contribution < -0.4 is 14.8 Å². The van der Waals surface area contributed by atoms with Gasteiger partial charge in [0.15, 0.2) is 18.1 Å². The second kappa shape index (κ2) is 6.49. The van der Waals surface area contributed by atoms with Crippen LogP contribution in [0.2, 0.25) is 0 Å². The third kappa shape index (κ3) is 3.49. The molecule has 1 N–H and O–H groups in total. The van der Waals surface area contributed by atoms with Crippen molar-refractivity contribution in [2.75, 3.05) is 13.4 Å². The van der Waals surface area contributed by atoms with Gasteiger partial charge in [0.25, 0.3) is 11.8 Å². The van der Waals surface area contributed by atoms with E-state index in [9.17, 15) is 14.4 Å². The van der Waals surface area contributed by atoms with E-state index in [0.717, 1.165) is 0 Å². The number of imide groups is 1. The maximum Gasteiger partial charge on any atom is 0.338 e. The van der Waals surface area contributed by atoms with Crippen molar-refractivity contribution in [1.29, 1.82) is 0 Å². The van der Waals surface area contributed by atoms with E-state index in [-0.39, 0.29) is 12.4 Å². The van der Waals surface area contributed by atoms with Crippen molar-refractivity contribution < 1.29 is 28.6 Å². The number of fused-ring (bicyclic) bond motifs is 1. The van der Waals surface area contributed by atoms with E-state index in [0.29, 0.717) is 16.4 Å². The van der Waals surface area contributed by atoms with Crippen LogP contribution in [-0.2, 0) is 9.53 Å². The molecule has 1 aromatic heterocycles. The van der Waals surface area contributed by atoms with Gasteiger partial charge >= 0.3 is 5.97 Å². The van der Waals surface area contributed by atoms with E-state index >= 15 is 0 Å². The summed E-state index contributed by atoms with van der Waals surface area (Å²) in [5.41, 5.74) is 0.228. The van der Waals surface area contributed by atoms with E-state index in [1.54, 1.807) is 23.6 Å². The predicted molar refractivity (Wildman–Crippen MR) is 79.6 cm³/mol. The predicted octanol–water partition coefficient (Wildman–Crippen LogP) is 1.59. The van der Waals surface area contributed by atoms with Gasteiger partial charge in [-0.1, -0.05) is 6.07 Å². The van der Waals surface area contributed by atoms with Crippen molar-refractivity contribution in [3.8, 4) is 11.5 Å². The molecule has 118 valence electrons. The van der Waals surface area contributed by atoms with Gasteiger partial charge in [-0.15, -0.1) is 11.3 Å². The summed E-state index contributed by atoms with van der Waals surface area (Å²) < 4.78 is 15.2. The molecule has 0 radical (unpaired) electrons. The van der Waals surface area contributed by atoms with Gasteiger partial charge < -0.3 is 14.2 Å². The second-order valence-electron chi connectivity index (χ2n) is 4.50.